The van der Waals surface area contributed by atoms with E-state index < -0.39 is 0 Å². The van der Waals surface area contributed by atoms with E-state index in [1.165, 1.54) is 24.0 Å². The molecule has 1 unspecified atom stereocenters. The van der Waals surface area contributed by atoms with Gasteiger partial charge in [-0.2, -0.15) is 0 Å². The largest absolute Gasteiger partial charge is 0.341 e. The lowest BCUT2D eigenvalue weighted by Gasteiger charge is -2.18. The third-order valence-electron chi connectivity index (χ3n) is 3.84. The summed E-state index contributed by atoms with van der Waals surface area (Å²) in [6.45, 7) is 3.89. The Labute approximate surface area is 116 Å². The fourth-order valence-corrected chi connectivity index (χ4v) is 2.55. The summed E-state index contributed by atoms with van der Waals surface area (Å²) < 4.78 is 0. The monoisotopic (exact) mass is 260 g/mol. The summed E-state index contributed by atoms with van der Waals surface area (Å²) in [6.07, 6.45) is 4.09. The van der Waals surface area contributed by atoms with Gasteiger partial charge in [0.15, 0.2) is 0 Å². The van der Waals surface area contributed by atoms with Gasteiger partial charge in [-0.3, -0.25) is 4.79 Å². The molecular formula is C16H24N2O. The molecule has 3 nitrogen and oxygen atoms in total. The number of rotatable bonds is 5. The van der Waals surface area contributed by atoms with Crippen LogP contribution in [0.2, 0.25) is 0 Å². The van der Waals surface area contributed by atoms with Crippen molar-refractivity contribution in [2.24, 2.45) is 0 Å². The smallest absolute Gasteiger partial charge is 0.222 e. The highest BCUT2D eigenvalue weighted by Gasteiger charge is 2.16. The number of aryl methyl sites for hydroxylation is 1. The molecule has 1 saturated heterocycles. The zero-order valence-corrected chi connectivity index (χ0v) is 12.0. The molecule has 2 rings (SSSR count). The van der Waals surface area contributed by atoms with Crippen molar-refractivity contribution in [2.45, 2.75) is 45.2 Å². The van der Waals surface area contributed by atoms with Crippen molar-refractivity contribution in [1.29, 1.82) is 0 Å². The molecule has 0 aliphatic carbocycles. The van der Waals surface area contributed by atoms with Crippen molar-refractivity contribution in [1.82, 2.24) is 10.2 Å². The Hall–Kier alpha value is -1.35. The molecule has 0 radical (unpaired) electrons. The summed E-state index contributed by atoms with van der Waals surface area (Å²) in [5.41, 5.74) is 2.45. The van der Waals surface area contributed by atoms with E-state index in [1.54, 1.807) is 0 Å². The van der Waals surface area contributed by atoms with Gasteiger partial charge in [-0.1, -0.05) is 29.8 Å². The van der Waals surface area contributed by atoms with Gasteiger partial charge < -0.3 is 10.2 Å². The number of hydrogen-bond acceptors (Lipinski definition) is 2. The Morgan fingerprint density at radius 1 is 1.37 bits per heavy atom. The van der Waals surface area contributed by atoms with E-state index in [-0.39, 0.29) is 5.91 Å². The maximum absolute atomic E-state index is 12.1. The van der Waals surface area contributed by atoms with Gasteiger partial charge >= 0.3 is 0 Å². The lowest BCUT2D eigenvalue weighted by molar-refractivity contribution is -0.130. The van der Waals surface area contributed by atoms with Gasteiger partial charge in [-0.25, -0.2) is 0 Å². The van der Waals surface area contributed by atoms with Crippen LogP contribution in [-0.2, 0) is 11.3 Å². The molecule has 1 heterocycles. The van der Waals surface area contributed by atoms with Gasteiger partial charge in [0.2, 0.25) is 5.91 Å². The molecule has 0 aromatic heterocycles. The number of nitrogens with one attached hydrogen (secondary N) is 1. The molecule has 1 amide bonds. The van der Waals surface area contributed by atoms with E-state index in [0.29, 0.717) is 19.0 Å². The first-order valence-electron chi connectivity index (χ1n) is 7.18. The molecule has 1 fully saturated rings. The van der Waals surface area contributed by atoms with Crippen LogP contribution in [0.4, 0.5) is 0 Å². The van der Waals surface area contributed by atoms with Crippen LogP contribution in [0.1, 0.15) is 36.8 Å². The van der Waals surface area contributed by atoms with Gasteiger partial charge in [-0.05, 0) is 38.3 Å². The standard InChI is InChI=1S/C16H24N2O/c1-13-5-7-14(8-6-13)12-18(2)16(19)10-9-15-4-3-11-17-15/h5-8,15,17H,3-4,9-12H2,1-2H3. The zero-order chi connectivity index (χ0) is 13.7. The van der Waals surface area contributed by atoms with Gasteiger partial charge in [-0.15, -0.1) is 0 Å². The predicted octanol–water partition coefficient (Wildman–Crippen LogP) is 2.49. The second-order valence-electron chi connectivity index (χ2n) is 5.57. The maximum atomic E-state index is 12.1. The number of carbonyl (C=O) groups excluding carboxylic acids is 1. The first kappa shape index (κ1) is 14.1. The Morgan fingerprint density at radius 2 is 2.11 bits per heavy atom. The quantitative estimate of drug-likeness (QED) is 0.882. The maximum Gasteiger partial charge on any atom is 0.222 e. The molecule has 104 valence electrons. The highest BCUT2D eigenvalue weighted by Crippen LogP contribution is 2.12. The Kier molecular flexibility index (Phi) is 4.97. The highest BCUT2D eigenvalue weighted by atomic mass is 16.2. The van der Waals surface area contributed by atoms with Crippen LogP contribution in [0.5, 0.6) is 0 Å². The fraction of sp³-hybridized carbons (Fsp3) is 0.562. The molecule has 19 heavy (non-hydrogen) atoms. The zero-order valence-electron chi connectivity index (χ0n) is 12.0. The summed E-state index contributed by atoms with van der Waals surface area (Å²) >= 11 is 0. The molecular weight excluding hydrogens is 236 g/mol. The molecule has 0 spiro atoms. The summed E-state index contributed by atoms with van der Waals surface area (Å²) in [4.78, 5) is 13.9. The summed E-state index contributed by atoms with van der Waals surface area (Å²) in [6, 6.07) is 8.93. The van der Waals surface area contributed by atoms with Crippen LogP contribution < -0.4 is 5.32 Å². The normalized spacial score (nSPS) is 18.5. The fourth-order valence-electron chi connectivity index (χ4n) is 2.55. The van der Waals surface area contributed by atoms with E-state index in [4.69, 9.17) is 0 Å². The van der Waals surface area contributed by atoms with Crippen molar-refractivity contribution >= 4 is 5.91 Å². The van der Waals surface area contributed by atoms with E-state index in [0.717, 1.165) is 13.0 Å². The van der Waals surface area contributed by atoms with Crippen molar-refractivity contribution in [3.8, 4) is 0 Å². The van der Waals surface area contributed by atoms with Crippen LogP contribution in [0, 0.1) is 6.92 Å². The molecule has 1 atom stereocenters. The molecule has 3 heteroatoms. The van der Waals surface area contributed by atoms with E-state index >= 15 is 0 Å². The lowest BCUT2D eigenvalue weighted by Crippen LogP contribution is -2.29. The number of carbonyl (C=O) groups is 1. The Balaban J connectivity index is 1.76. The van der Waals surface area contributed by atoms with Crippen LogP contribution >= 0.6 is 0 Å². The second kappa shape index (κ2) is 6.71. The van der Waals surface area contributed by atoms with E-state index in [1.807, 2.05) is 11.9 Å². The number of amides is 1. The van der Waals surface area contributed by atoms with Gasteiger partial charge in [0.25, 0.3) is 0 Å². The second-order valence-corrected chi connectivity index (χ2v) is 5.57. The van der Waals surface area contributed by atoms with Crippen LogP contribution in [-0.4, -0.2) is 30.4 Å². The van der Waals surface area contributed by atoms with E-state index in [2.05, 4.69) is 36.5 Å². The average molecular weight is 260 g/mol. The Morgan fingerprint density at radius 3 is 2.74 bits per heavy atom. The topological polar surface area (TPSA) is 32.3 Å². The molecule has 0 bridgehead atoms. The van der Waals surface area contributed by atoms with Crippen molar-refractivity contribution < 1.29 is 4.79 Å². The minimum Gasteiger partial charge on any atom is -0.341 e. The number of hydrogen-bond donors (Lipinski definition) is 1. The Bertz CT molecular complexity index is 407. The number of benzene rings is 1. The average Bonchev–Trinajstić information content (AvgIpc) is 2.91. The van der Waals surface area contributed by atoms with Crippen LogP contribution in [0.15, 0.2) is 24.3 Å². The molecule has 1 aromatic rings. The lowest BCUT2D eigenvalue weighted by atomic mass is 10.1. The third-order valence-corrected chi connectivity index (χ3v) is 3.84. The summed E-state index contributed by atoms with van der Waals surface area (Å²) in [7, 11) is 1.89. The molecule has 0 saturated carbocycles. The minimum absolute atomic E-state index is 0.245. The molecule has 1 N–H and O–H groups in total. The van der Waals surface area contributed by atoms with Gasteiger partial charge in [0.1, 0.15) is 0 Å². The van der Waals surface area contributed by atoms with Gasteiger partial charge in [0, 0.05) is 26.1 Å². The highest BCUT2D eigenvalue weighted by molar-refractivity contribution is 5.75. The van der Waals surface area contributed by atoms with Crippen molar-refractivity contribution in [3.63, 3.8) is 0 Å². The molecule has 1 aliphatic heterocycles. The number of nitrogens with zero attached hydrogens (tertiary/aromatic N) is 1. The summed E-state index contributed by atoms with van der Waals surface area (Å²) in [5, 5.41) is 3.44. The third kappa shape index (κ3) is 4.35. The van der Waals surface area contributed by atoms with Crippen LogP contribution in [0.25, 0.3) is 0 Å². The molecule has 1 aromatic carbocycles. The van der Waals surface area contributed by atoms with Gasteiger partial charge in [0.05, 0.1) is 0 Å². The van der Waals surface area contributed by atoms with Crippen LogP contribution in [0.3, 0.4) is 0 Å². The minimum atomic E-state index is 0.245. The predicted molar refractivity (Wildman–Crippen MR) is 77.9 cm³/mol. The SMILES string of the molecule is Cc1ccc(CN(C)C(=O)CCC2CCCN2)cc1. The first-order valence-corrected chi connectivity index (χ1v) is 7.18. The van der Waals surface area contributed by atoms with Crippen molar-refractivity contribution in [2.75, 3.05) is 13.6 Å². The van der Waals surface area contributed by atoms with Crippen molar-refractivity contribution in [3.05, 3.63) is 35.4 Å². The molecule has 1 aliphatic rings. The summed E-state index contributed by atoms with van der Waals surface area (Å²) in [5.74, 6) is 0.245. The van der Waals surface area contributed by atoms with E-state index in [9.17, 15) is 4.79 Å². The first-order chi connectivity index (χ1) is 9.15.